The van der Waals surface area contributed by atoms with Crippen LogP contribution in [0, 0.1) is 0 Å². The van der Waals surface area contributed by atoms with E-state index in [4.69, 9.17) is 0 Å². The molecule has 1 aromatic rings. The van der Waals surface area contributed by atoms with Crippen LogP contribution in [0.4, 0.5) is 0 Å². The van der Waals surface area contributed by atoms with Gasteiger partial charge in [-0.3, -0.25) is 0 Å². The zero-order valence-electron chi connectivity index (χ0n) is 18.8. The second kappa shape index (κ2) is 14.7. The van der Waals surface area contributed by atoms with Crippen LogP contribution in [0.1, 0.15) is 102 Å². The van der Waals surface area contributed by atoms with Gasteiger partial charge in [0.05, 0.1) is 8.07 Å². The molecule has 1 rings (SSSR count). The Balaban J connectivity index is 2.23. The van der Waals surface area contributed by atoms with Crippen molar-refractivity contribution in [3.8, 4) is 0 Å². The Morgan fingerprint density at radius 3 is 1.89 bits per heavy atom. The number of benzene rings is 1. The Bertz CT molecular complexity index is 495. The van der Waals surface area contributed by atoms with Crippen LogP contribution >= 0.6 is 12.6 Å². The van der Waals surface area contributed by atoms with E-state index in [1.807, 2.05) is 0 Å². The quantitative estimate of drug-likeness (QED) is 0.158. The van der Waals surface area contributed by atoms with Crippen LogP contribution in [-0.2, 0) is 12.5 Å². The third kappa shape index (κ3) is 12.1. The summed E-state index contributed by atoms with van der Waals surface area (Å²) >= 11 is 4.66. The van der Waals surface area contributed by atoms with E-state index in [0.29, 0.717) is 0 Å². The number of thiol groups is 1. The first-order chi connectivity index (χ1) is 13.0. The molecule has 0 N–H and O–H groups in total. The first-order valence-electron chi connectivity index (χ1n) is 11.8. The fourth-order valence-corrected chi connectivity index (χ4v) is 7.01. The molecule has 0 atom stereocenters. The SMILES string of the molecule is CCCCCCCCCCCC[Si](C)(C)Cc1ccc(S)c(CCCC)c1. The maximum absolute atomic E-state index is 4.66. The summed E-state index contributed by atoms with van der Waals surface area (Å²) in [5.41, 5.74) is 3.02. The molecule has 0 spiro atoms. The number of rotatable bonds is 16. The smallest absolute Gasteiger partial charge is 0.0517 e. The minimum Gasteiger partial charge on any atom is -0.143 e. The van der Waals surface area contributed by atoms with Gasteiger partial charge in [-0.25, -0.2) is 0 Å². The van der Waals surface area contributed by atoms with Gasteiger partial charge in [-0.15, -0.1) is 12.6 Å². The van der Waals surface area contributed by atoms with Crippen molar-refractivity contribution in [1.82, 2.24) is 0 Å². The normalized spacial score (nSPS) is 11.9. The van der Waals surface area contributed by atoms with Crippen LogP contribution in [0.5, 0.6) is 0 Å². The lowest BCUT2D eigenvalue weighted by molar-refractivity contribution is 0.561. The molecule has 0 bridgehead atoms. The summed E-state index contributed by atoms with van der Waals surface area (Å²) in [4.78, 5) is 1.18. The zero-order valence-corrected chi connectivity index (χ0v) is 20.7. The van der Waals surface area contributed by atoms with Crippen molar-refractivity contribution in [2.45, 2.75) is 127 Å². The molecule has 0 fully saturated rings. The molecular weight excluding hydrogens is 360 g/mol. The second-order valence-electron chi connectivity index (χ2n) is 9.34. The minimum atomic E-state index is -1.13. The average Bonchev–Trinajstić information content (AvgIpc) is 2.63. The number of unbranched alkanes of at least 4 members (excludes halogenated alkanes) is 10. The van der Waals surface area contributed by atoms with E-state index < -0.39 is 8.07 Å². The van der Waals surface area contributed by atoms with Crippen LogP contribution in [0.15, 0.2) is 23.1 Å². The van der Waals surface area contributed by atoms with Crippen molar-refractivity contribution < 1.29 is 0 Å². The molecule has 0 saturated carbocycles. The summed E-state index contributed by atoms with van der Waals surface area (Å²) in [6.45, 7) is 9.73. The molecule has 0 heterocycles. The topological polar surface area (TPSA) is 0 Å². The summed E-state index contributed by atoms with van der Waals surface area (Å²) in [6, 6.07) is 9.82. The monoisotopic (exact) mass is 406 g/mol. The Labute approximate surface area is 177 Å². The molecule has 156 valence electrons. The fourth-order valence-electron chi connectivity index (χ4n) is 4.05. The summed E-state index contributed by atoms with van der Waals surface area (Å²) in [7, 11) is -1.13. The Kier molecular flexibility index (Phi) is 13.6. The van der Waals surface area contributed by atoms with Crippen molar-refractivity contribution >= 4 is 20.7 Å². The molecule has 0 nitrogen and oxygen atoms in total. The van der Waals surface area contributed by atoms with Crippen molar-refractivity contribution in [3.05, 3.63) is 29.3 Å². The highest BCUT2D eigenvalue weighted by atomic mass is 32.1. The molecule has 2 heteroatoms. The first-order valence-corrected chi connectivity index (χ1v) is 15.7. The van der Waals surface area contributed by atoms with E-state index in [2.05, 4.69) is 57.8 Å². The van der Waals surface area contributed by atoms with Gasteiger partial charge in [0, 0.05) is 4.90 Å². The molecule has 1 aromatic carbocycles. The summed E-state index contributed by atoms with van der Waals surface area (Å²) < 4.78 is 0. The standard InChI is InChI=1S/C25H46SSi/c1-5-7-9-10-11-12-13-14-15-16-20-27(3,4)22-23-18-19-25(26)24(21-23)17-8-6-2/h18-19,21,26H,5-17,20,22H2,1-4H3. The van der Waals surface area contributed by atoms with Crippen LogP contribution in [0.25, 0.3) is 0 Å². The maximum Gasteiger partial charge on any atom is 0.0517 e. The van der Waals surface area contributed by atoms with Gasteiger partial charge in [0.25, 0.3) is 0 Å². The van der Waals surface area contributed by atoms with Gasteiger partial charge in [-0.05, 0) is 30.5 Å². The first kappa shape index (κ1) is 24.8. The molecule has 0 aliphatic carbocycles. The second-order valence-corrected chi connectivity index (χ2v) is 15.0. The van der Waals surface area contributed by atoms with Gasteiger partial charge in [0.1, 0.15) is 0 Å². The molecule has 0 aliphatic heterocycles. The van der Waals surface area contributed by atoms with Crippen molar-refractivity contribution in [3.63, 3.8) is 0 Å². The lowest BCUT2D eigenvalue weighted by Crippen LogP contribution is -2.29. The van der Waals surface area contributed by atoms with Gasteiger partial charge in [-0.2, -0.15) is 0 Å². The van der Waals surface area contributed by atoms with Gasteiger partial charge in [0.15, 0.2) is 0 Å². The van der Waals surface area contributed by atoms with E-state index in [-0.39, 0.29) is 0 Å². The fraction of sp³-hybridized carbons (Fsp3) is 0.760. The summed E-state index contributed by atoms with van der Waals surface area (Å²) in [5, 5.41) is 0. The van der Waals surface area contributed by atoms with Crippen LogP contribution in [-0.4, -0.2) is 8.07 Å². The molecule has 0 unspecified atom stereocenters. The highest BCUT2D eigenvalue weighted by Gasteiger charge is 2.20. The van der Waals surface area contributed by atoms with Crippen molar-refractivity contribution in [2.24, 2.45) is 0 Å². The van der Waals surface area contributed by atoms with Crippen molar-refractivity contribution in [2.75, 3.05) is 0 Å². The third-order valence-corrected chi connectivity index (χ3v) is 9.34. The molecule has 0 saturated heterocycles. The van der Waals surface area contributed by atoms with Crippen LogP contribution < -0.4 is 0 Å². The average molecular weight is 407 g/mol. The van der Waals surface area contributed by atoms with Gasteiger partial charge in [-0.1, -0.05) is 121 Å². The largest absolute Gasteiger partial charge is 0.143 e. The molecule has 0 radical (unpaired) electrons. The van der Waals surface area contributed by atoms with Crippen LogP contribution in [0.3, 0.4) is 0 Å². The zero-order chi connectivity index (χ0) is 20.0. The van der Waals surface area contributed by atoms with Crippen molar-refractivity contribution in [1.29, 1.82) is 0 Å². The van der Waals surface area contributed by atoms with E-state index in [1.165, 1.54) is 106 Å². The molecule has 0 aromatic heterocycles. The van der Waals surface area contributed by atoms with E-state index in [0.717, 1.165) is 0 Å². The molecular formula is C25H46SSi. The number of hydrogen-bond donors (Lipinski definition) is 1. The lowest BCUT2D eigenvalue weighted by Gasteiger charge is -2.23. The third-order valence-electron chi connectivity index (χ3n) is 5.83. The highest BCUT2D eigenvalue weighted by Crippen LogP contribution is 2.24. The Morgan fingerprint density at radius 1 is 0.741 bits per heavy atom. The van der Waals surface area contributed by atoms with Crippen LogP contribution in [0.2, 0.25) is 19.1 Å². The minimum absolute atomic E-state index is 1.13. The van der Waals surface area contributed by atoms with E-state index in [9.17, 15) is 0 Å². The molecule has 0 amide bonds. The lowest BCUT2D eigenvalue weighted by atomic mass is 10.1. The van der Waals surface area contributed by atoms with E-state index >= 15 is 0 Å². The number of hydrogen-bond acceptors (Lipinski definition) is 1. The Hall–Kier alpha value is -0.213. The Morgan fingerprint density at radius 2 is 1.30 bits per heavy atom. The summed E-state index contributed by atoms with van der Waals surface area (Å²) in [6.07, 6.45) is 18.1. The predicted octanol–water partition coefficient (Wildman–Crippen LogP) is 9.03. The van der Waals surface area contributed by atoms with Gasteiger partial charge >= 0.3 is 0 Å². The molecule has 0 aliphatic rings. The predicted molar refractivity (Wildman–Crippen MR) is 130 cm³/mol. The van der Waals surface area contributed by atoms with Gasteiger partial charge < -0.3 is 0 Å². The van der Waals surface area contributed by atoms with Gasteiger partial charge in [0.2, 0.25) is 0 Å². The number of aryl methyl sites for hydroxylation is 1. The highest BCUT2D eigenvalue weighted by molar-refractivity contribution is 7.80. The summed E-state index contributed by atoms with van der Waals surface area (Å²) in [5.74, 6) is 0. The maximum atomic E-state index is 4.66. The molecule has 27 heavy (non-hydrogen) atoms. The van der Waals surface area contributed by atoms with E-state index in [1.54, 1.807) is 5.56 Å².